The summed E-state index contributed by atoms with van der Waals surface area (Å²) >= 11 is 6.12. The molecule has 1 N–H and O–H groups in total. The molecule has 21 heavy (non-hydrogen) atoms. The molecule has 0 aliphatic carbocycles. The summed E-state index contributed by atoms with van der Waals surface area (Å²) < 4.78 is 10.5. The van der Waals surface area contributed by atoms with E-state index in [1.807, 2.05) is 18.2 Å². The summed E-state index contributed by atoms with van der Waals surface area (Å²) in [5.74, 6) is 0.403. The maximum absolute atomic E-state index is 11.7. The predicted octanol–water partition coefficient (Wildman–Crippen LogP) is 3.45. The summed E-state index contributed by atoms with van der Waals surface area (Å²) in [4.78, 5) is 11.7. The van der Waals surface area contributed by atoms with Crippen molar-refractivity contribution in [2.45, 2.75) is 6.10 Å². The summed E-state index contributed by atoms with van der Waals surface area (Å²) in [5.41, 5.74) is 0.844. The van der Waals surface area contributed by atoms with Gasteiger partial charge in [0.2, 0.25) is 5.91 Å². The fourth-order valence-corrected chi connectivity index (χ4v) is 2.11. The van der Waals surface area contributed by atoms with Crippen LogP contribution >= 0.6 is 11.6 Å². The standard InChI is InChI=1S/C16H16ClNO3/c1-20-15(13-6-2-3-7-14(13)17)11-18-16(19)9-8-12-5-4-10-21-12/h2-10,15H,11H2,1H3,(H,18,19)/b9-8+. The molecule has 1 aromatic heterocycles. The molecule has 0 bridgehead atoms. The Hall–Kier alpha value is -2.04. The lowest BCUT2D eigenvalue weighted by Crippen LogP contribution is -2.27. The largest absolute Gasteiger partial charge is 0.465 e. The third-order valence-electron chi connectivity index (χ3n) is 2.94. The Balaban J connectivity index is 1.91. The number of furan rings is 1. The van der Waals surface area contributed by atoms with Crippen LogP contribution in [0.5, 0.6) is 0 Å². The van der Waals surface area contributed by atoms with Crippen molar-refractivity contribution in [2.24, 2.45) is 0 Å². The van der Waals surface area contributed by atoms with E-state index >= 15 is 0 Å². The quantitative estimate of drug-likeness (QED) is 0.832. The molecule has 0 saturated carbocycles. The first-order valence-corrected chi connectivity index (χ1v) is 6.85. The van der Waals surface area contributed by atoms with Gasteiger partial charge < -0.3 is 14.5 Å². The van der Waals surface area contributed by atoms with Gasteiger partial charge in [-0.1, -0.05) is 29.8 Å². The fourth-order valence-electron chi connectivity index (χ4n) is 1.85. The van der Waals surface area contributed by atoms with Crippen molar-refractivity contribution in [1.29, 1.82) is 0 Å². The number of rotatable bonds is 6. The minimum absolute atomic E-state index is 0.222. The second kappa shape index (κ2) is 7.67. The first-order valence-electron chi connectivity index (χ1n) is 6.47. The van der Waals surface area contributed by atoms with E-state index in [9.17, 15) is 4.79 Å². The molecular weight excluding hydrogens is 290 g/mol. The minimum atomic E-state index is -0.292. The van der Waals surface area contributed by atoms with E-state index in [1.165, 1.54) is 6.08 Å². The fraction of sp³-hybridized carbons (Fsp3) is 0.188. The molecule has 0 aliphatic heterocycles. The Morgan fingerprint density at radius 1 is 1.38 bits per heavy atom. The van der Waals surface area contributed by atoms with E-state index in [0.717, 1.165) is 5.56 Å². The van der Waals surface area contributed by atoms with Gasteiger partial charge in [0, 0.05) is 30.3 Å². The summed E-state index contributed by atoms with van der Waals surface area (Å²) in [6, 6.07) is 10.9. The second-order valence-electron chi connectivity index (χ2n) is 4.34. The maximum Gasteiger partial charge on any atom is 0.244 e. The van der Waals surface area contributed by atoms with E-state index in [0.29, 0.717) is 17.3 Å². The van der Waals surface area contributed by atoms with E-state index in [-0.39, 0.29) is 12.0 Å². The number of amides is 1. The van der Waals surface area contributed by atoms with Gasteiger partial charge in [-0.05, 0) is 24.3 Å². The average molecular weight is 306 g/mol. The zero-order chi connectivity index (χ0) is 15.1. The van der Waals surface area contributed by atoms with Gasteiger partial charge >= 0.3 is 0 Å². The molecule has 4 nitrogen and oxygen atoms in total. The van der Waals surface area contributed by atoms with Crippen LogP contribution in [0.15, 0.2) is 53.2 Å². The number of hydrogen-bond acceptors (Lipinski definition) is 3. The van der Waals surface area contributed by atoms with E-state index in [1.54, 1.807) is 37.6 Å². The lowest BCUT2D eigenvalue weighted by molar-refractivity contribution is -0.117. The number of benzene rings is 1. The van der Waals surface area contributed by atoms with Crippen LogP contribution in [-0.4, -0.2) is 19.6 Å². The molecule has 0 spiro atoms. The smallest absolute Gasteiger partial charge is 0.244 e. The maximum atomic E-state index is 11.7. The lowest BCUT2D eigenvalue weighted by atomic mass is 10.1. The van der Waals surface area contributed by atoms with Crippen LogP contribution in [0.25, 0.3) is 6.08 Å². The van der Waals surface area contributed by atoms with Crippen molar-refractivity contribution in [2.75, 3.05) is 13.7 Å². The van der Waals surface area contributed by atoms with Crippen LogP contribution in [0, 0.1) is 0 Å². The highest BCUT2D eigenvalue weighted by Crippen LogP contribution is 2.24. The zero-order valence-corrected chi connectivity index (χ0v) is 12.3. The van der Waals surface area contributed by atoms with Crippen LogP contribution in [-0.2, 0) is 9.53 Å². The Morgan fingerprint density at radius 3 is 2.86 bits per heavy atom. The van der Waals surface area contributed by atoms with Crippen LogP contribution in [0.1, 0.15) is 17.4 Å². The number of nitrogens with one attached hydrogen (secondary N) is 1. The molecule has 1 heterocycles. The third-order valence-corrected chi connectivity index (χ3v) is 3.28. The molecule has 0 fully saturated rings. The van der Waals surface area contributed by atoms with Crippen molar-refractivity contribution < 1.29 is 13.9 Å². The molecular formula is C16H16ClNO3. The van der Waals surface area contributed by atoms with Gasteiger partial charge in [0.1, 0.15) is 11.9 Å². The third kappa shape index (κ3) is 4.48. The predicted molar refractivity (Wildman–Crippen MR) is 82.0 cm³/mol. The molecule has 1 unspecified atom stereocenters. The van der Waals surface area contributed by atoms with Gasteiger partial charge in [0.25, 0.3) is 0 Å². The molecule has 1 amide bonds. The lowest BCUT2D eigenvalue weighted by Gasteiger charge is -2.17. The summed E-state index contributed by atoms with van der Waals surface area (Å²) in [7, 11) is 1.58. The molecule has 0 aliphatic rings. The normalized spacial score (nSPS) is 12.5. The van der Waals surface area contributed by atoms with Crippen molar-refractivity contribution in [3.8, 4) is 0 Å². The van der Waals surface area contributed by atoms with Crippen LogP contribution < -0.4 is 5.32 Å². The van der Waals surface area contributed by atoms with E-state index < -0.39 is 0 Å². The molecule has 0 radical (unpaired) electrons. The highest BCUT2D eigenvalue weighted by Gasteiger charge is 2.14. The Morgan fingerprint density at radius 2 is 2.19 bits per heavy atom. The van der Waals surface area contributed by atoms with Crippen molar-refractivity contribution in [3.05, 3.63) is 65.1 Å². The van der Waals surface area contributed by atoms with E-state index in [4.69, 9.17) is 20.8 Å². The van der Waals surface area contributed by atoms with Crippen molar-refractivity contribution >= 4 is 23.6 Å². The molecule has 1 aromatic carbocycles. The highest BCUT2D eigenvalue weighted by atomic mass is 35.5. The van der Waals surface area contributed by atoms with Gasteiger partial charge in [-0.15, -0.1) is 0 Å². The van der Waals surface area contributed by atoms with Gasteiger partial charge in [0.05, 0.1) is 6.26 Å². The number of hydrogen-bond donors (Lipinski definition) is 1. The molecule has 5 heteroatoms. The van der Waals surface area contributed by atoms with Gasteiger partial charge in [-0.3, -0.25) is 4.79 Å². The highest BCUT2D eigenvalue weighted by molar-refractivity contribution is 6.31. The number of halogens is 1. The monoisotopic (exact) mass is 305 g/mol. The van der Waals surface area contributed by atoms with E-state index in [2.05, 4.69) is 5.32 Å². The van der Waals surface area contributed by atoms with Gasteiger partial charge in [-0.2, -0.15) is 0 Å². The Labute approximate surface area is 128 Å². The number of carbonyl (C=O) groups is 1. The summed E-state index contributed by atoms with van der Waals surface area (Å²) in [6.07, 6.45) is 4.28. The molecule has 2 rings (SSSR count). The Kier molecular flexibility index (Phi) is 5.60. The Bertz CT molecular complexity index is 608. The van der Waals surface area contributed by atoms with Crippen LogP contribution in [0.4, 0.5) is 0 Å². The summed E-state index contributed by atoms with van der Waals surface area (Å²) in [5, 5.41) is 3.39. The number of ether oxygens (including phenoxy) is 1. The van der Waals surface area contributed by atoms with Crippen LogP contribution in [0.3, 0.4) is 0 Å². The van der Waals surface area contributed by atoms with Gasteiger partial charge in [-0.25, -0.2) is 0 Å². The van der Waals surface area contributed by atoms with Crippen molar-refractivity contribution in [3.63, 3.8) is 0 Å². The molecule has 1 atom stereocenters. The SMILES string of the molecule is COC(CNC(=O)/C=C/c1ccco1)c1ccccc1Cl. The molecule has 2 aromatic rings. The molecule has 110 valence electrons. The number of methoxy groups -OCH3 is 1. The average Bonchev–Trinajstić information content (AvgIpc) is 3.01. The summed E-state index contributed by atoms with van der Waals surface area (Å²) in [6.45, 7) is 0.335. The zero-order valence-electron chi connectivity index (χ0n) is 11.6. The van der Waals surface area contributed by atoms with Crippen LogP contribution in [0.2, 0.25) is 5.02 Å². The minimum Gasteiger partial charge on any atom is -0.465 e. The number of carbonyl (C=O) groups excluding carboxylic acids is 1. The van der Waals surface area contributed by atoms with Crippen molar-refractivity contribution in [1.82, 2.24) is 5.32 Å². The topological polar surface area (TPSA) is 51.5 Å². The van der Waals surface area contributed by atoms with Gasteiger partial charge in [0.15, 0.2) is 0 Å². The first kappa shape index (κ1) is 15.4. The first-order chi connectivity index (χ1) is 10.2. The second-order valence-corrected chi connectivity index (χ2v) is 4.75. The molecule has 0 saturated heterocycles.